The lowest BCUT2D eigenvalue weighted by molar-refractivity contribution is -0.133. The van der Waals surface area contributed by atoms with Gasteiger partial charge in [-0.1, -0.05) is 29.3 Å². The van der Waals surface area contributed by atoms with Crippen molar-refractivity contribution in [2.24, 2.45) is 0 Å². The van der Waals surface area contributed by atoms with Gasteiger partial charge in [0.05, 0.1) is 25.4 Å². The van der Waals surface area contributed by atoms with Crippen LogP contribution < -0.4 is 0 Å². The molecule has 10 heteroatoms. The molecule has 2 heterocycles. The number of rotatable bonds is 7. The molecule has 0 fully saturated rings. The number of carbonyl (C=O) groups is 1. The molecule has 1 amide bonds. The van der Waals surface area contributed by atoms with Crippen molar-refractivity contribution >= 4 is 50.5 Å². The Hall–Kier alpha value is -1.16. The Morgan fingerprint density at radius 2 is 2.07 bits per heavy atom. The zero-order valence-corrected chi connectivity index (χ0v) is 19.2. The monoisotopic (exact) mass is 476 g/mol. The lowest BCUT2D eigenvalue weighted by Crippen LogP contribution is -2.47. The summed E-state index contributed by atoms with van der Waals surface area (Å²) in [6.45, 7) is 0.563. The number of ether oxygens (including phenoxy) is 1. The summed E-state index contributed by atoms with van der Waals surface area (Å²) in [7, 11) is -2.06. The third kappa shape index (κ3) is 5.13. The van der Waals surface area contributed by atoms with Crippen molar-refractivity contribution in [1.82, 2.24) is 9.21 Å². The van der Waals surface area contributed by atoms with Gasteiger partial charge in [0.1, 0.15) is 0 Å². The van der Waals surface area contributed by atoms with Gasteiger partial charge in [0, 0.05) is 35.1 Å². The summed E-state index contributed by atoms with van der Waals surface area (Å²) in [6, 6.07) is 6.83. The standard InChI is InChI=1S/C19H22Cl2N2O4S2/c1-27-9-8-22(29(2,25)26)12-18(24)23-7-5-17-15(6-10-28-17)19(23)14-4-3-13(20)11-16(14)21/h3-4,6,10-11,19H,5,7-9,12H2,1-2H3. The second-order valence-electron chi connectivity index (χ2n) is 6.79. The molecule has 1 aromatic carbocycles. The molecule has 0 aliphatic carbocycles. The number of hydrogen-bond acceptors (Lipinski definition) is 5. The minimum atomic E-state index is -3.55. The molecule has 0 bridgehead atoms. The minimum Gasteiger partial charge on any atom is -0.383 e. The smallest absolute Gasteiger partial charge is 0.238 e. The molecular formula is C19H22Cl2N2O4S2. The third-order valence-corrected chi connectivity index (χ3v) is 7.68. The van der Waals surface area contributed by atoms with Crippen LogP contribution in [0.4, 0.5) is 0 Å². The van der Waals surface area contributed by atoms with Crippen molar-refractivity contribution < 1.29 is 17.9 Å². The molecule has 3 rings (SSSR count). The predicted molar refractivity (Wildman–Crippen MR) is 116 cm³/mol. The first kappa shape index (κ1) is 22.5. The van der Waals surface area contributed by atoms with Gasteiger partial charge in [-0.05, 0) is 41.1 Å². The molecule has 1 aliphatic rings. The Morgan fingerprint density at radius 3 is 2.72 bits per heavy atom. The summed E-state index contributed by atoms with van der Waals surface area (Å²) in [5, 5.41) is 2.98. The lowest BCUT2D eigenvalue weighted by atomic mass is 9.93. The molecule has 1 atom stereocenters. The fourth-order valence-electron chi connectivity index (χ4n) is 3.44. The molecule has 0 saturated heterocycles. The normalized spacial score (nSPS) is 16.9. The third-order valence-electron chi connectivity index (χ3n) is 4.87. The summed E-state index contributed by atoms with van der Waals surface area (Å²) in [5.74, 6) is -0.278. The topological polar surface area (TPSA) is 66.9 Å². The Bertz CT molecular complexity index is 994. The Morgan fingerprint density at radius 1 is 1.31 bits per heavy atom. The van der Waals surface area contributed by atoms with Crippen molar-refractivity contribution in [2.75, 3.05) is 39.6 Å². The number of halogens is 2. The summed E-state index contributed by atoms with van der Waals surface area (Å²) in [4.78, 5) is 16.1. The van der Waals surface area contributed by atoms with Gasteiger partial charge in [0.25, 0.3) is 0 Å². The highest BCUT2D eigenvalue weighted by Gasteiger charge is 2.35. The van der Waals surface area contributed by atoms with E-state index >= 15 is 0 Å². The van der Waals surface area contributed by atoms with E-state index in [1.54, 1.807) is 28.4 Å². The second-order valence-corrected chi connectivity index (χ2v) is 10.6. The quantitative estimate of drug-likeness (QED) is 0.613. The molecular weight excluding hydrogens is 455 g/mol. The van der Waals surface area contributed by atoms with Crippen LogP contribution >= 0.6 is 34.5 Å². The Labute approximate surface area is 185 Å². The molecule has 6 nitrogen and oxygen atoms in total. The molecule has 158 valence electrons. The average Bonchev–Trinajstić information content (AvgIpc) is 3.12. The molecule has 0 saturated carbocycles. The van der Waals surface area contributed by atoms with Crippen LogP contribution in [0.1, 0.15) is 22.0 Å². The summed E-state index contributed by atoms with van der Waals surface area (Å²) in [6.07, 6.45) is 1.81. The fraction of sp³-hybridized carbons (Fsp3) is 0.421. The Balaban J connectivity index is 1.95. The molecule has 1 unspecified atom stereocenters. The van der Waals surface area contributed by atoms with Crippen LogP contribution in [0.2, 0.25) is 10.0 Å². The molecule has 0 radical (unpaired) electrons. The molecule has 29 heavy (non-hydrogen) atoms. The number of carbonyl (C=O) groups excluding carboxylic acids is 1. The van der Waals surface area contributed by atoms with Crippen LogP contribution in [0.5, 0.6) is 0 Å². The van der Waals surface area contributed by atoms with Crippen molar-refractivity contribution in [3.05, 3.63) is 55.7 Å². The molecule has 1 aliphatic heterocycles. The van der Waals surface area contributed by atoms with Gasteiger partial charge in [-0.3, -0.25) is 4.79 Å². The predicted octanol–water partition coefficient (Wildman–Crippen LogP) is 3.44. The van der Waals surface area contributed by atoms with Crippen LogP contribution in [0.15, 0.2) is 29.6 Å². The van der Waals surface area contributed by atoms with Crippen LogP contribution in [0.25, 0.3) is 0 Å². The van der Waals surface area contributed by atoms with Crippen molar-refractivity contribution in [3.8, 4) is 0 Å². The number of hydrogen-bond donors (Lipinski definition) is 0. The van der Waals surface area contributed by atoms with Gasteiger partial charge >= 0.3 is 0 Å². The highest BCUT2D eigenvalue weighted by molar-refractivity contribution is 7.88. The highest BCUT2D eigenvalue weighted by Crippen LogP contribution is 2.41. The van der Waals surface area contributed by atoms with E-state index in [0.29, 0.717) is 16.6 Å². The van der Waals surface area contributed by atoms with Crippen LogP contribution in [-0.4, -0.2) is 63.1 Å². The maximum absolute atomic E-state index is 13.2. The number of thiophene rings is 1. The van der Waals surface area contributed by atoms with Gasteiger partial charge in [-0.25, -0.2) is 8.42 Å². The van der Waals surface area contributed by atoms with E-state index < -0.39 is 10.0 Å². The Kier molecular flexibility index (Phi) is 7.24. The SMILES string of the molecule is COCCN(CC(=O)N1CCc2sccc2C1c1ccc(Cl)cc1Cl)S(C)(=O)=O. The van der Waals surface area contributed by atoms with Crippen LogP contribution in [0, 0.1) is 0 Å². The summed E-state index contributed by atoms with van der Waals surface area (Å²) in [5.41, 5.74) is 1.79. The van der Waals surface area contributed by atoms with E-state index in [4.69, 9.17) is 27.9 Å². The van der Waals surface area contributed by atoms with Crippen LogP contribution in [0.3, 0.4) is 0 Å². The maximum atomic E-state index is 13.2. The number of sulfonamides is 1. The summed E-state index contributed by atoms with van der Waals surface area (Å²) >= 11 is 14.2. The zero-order chi connectivity index (χ0) is 21.2. The number of nitrogens with zero attached hydrogens (tertiary/aromatic N) is 2. The van der Waals surface area contributed by atoms with E-state index in [9.17, 15) is 13.2 Å². The van der Waals surface area contributed by atoms with E-state index in [1.165, 1.54) is 12.0 Å². The molecule has 0 N–H and O–H groups in total. The number of fused-ring (bicyclic) bond motifs is 1. The van der Waals surface area contributed by atoms with E-state index in [2.05, 4.69) is 0 Å². The summed E-state index contributed by atoms with van der Waals surface area (Å²) < 4.78 is 30.4. The molecule has 0 spiro atoms. The maximum Gasteiger partial charge on any atom is 0.238 e. The minimum absolute atomic E-state index is 0.116. The number of amides is 1. The average molecular weight is 477 g/mol. The molecule has 1 aromatic heterocycles. The first-order valence-corrected chi connectivity index (χ1v) is 12.5. The van der Waals surface area contributed by atoms with Gasteiger partial charge < -0.3 is 9.64 Å². The first-order valence-electron chi connectivity index (χ1n) is 8.97. The highest BCUT2D eigenvalue weighted by atomic mass is 35.5. The largest absolute Gasteiger partial charge is 0.383 e. The van der Waals surface area contributed by atoms with Crippen molar-refractivity contribution in [3.63, 3.8) is 0 Å². The van der Waals surface area contributed by atoms with E-state index in [-0.39, 0.29) is 31.6 Å². The van der Waals surface area contributed by atoms with Gasteiger partial charge in [0.2, 0.25) is 15.9 Å². The van der Waals surface area contributed by atoms with Gasteiger partial charge in [-0.2, -0.15) is 4.31 Å². The first-order chi connectivity index (χ1) is 13.7. The zero-order valence-electron chi connectivity index (χ0n) is 16.1. The number of benzene rings is 1. The van der Waals surface area contributed by atoms with Gasteiger partial charge in [0.15, 0.2) is 0 Å². The lowest BCUT2D eigenvalue weighted by Gasteiger charge is -2.37. The second kappa shape index (κ2) is 9.32. The molecule has 2 aromatic rings. The van der Waals surface area contributed by atoms with Crippen molar-refractivity contribution in [2.45, 2.75) is 12.5 Å². The van der Waals surface area contributed by atoms with Crippen LogP contribution in [-0.2, 0) is 26.0 Å². The number of methoxy groups -OCH3 is 1. The van der Waals surface area contributed by atoms with E-state index in [0.717, 1.165) is 28.1 Å². The van der Waals surface area contributed by atoms with Gasteiger partial charge in [-0.15, -0.1) is 11.3 Å². The van der Waals surface area contributed by atoms with Crippen molar-refractivity contribution in [1.29, 1.82) is 0 Å². The fourth-order valence-corrected chi connectivity index (χ4v) is 5.61. The van der Waals surface area contributed by atoms with E-state index in [1.807, 2.05) is 17.5 Å².